The number of benzene rings is 4. The molecule has 2 heteroatoms. The summed E-state index contributed by atoms with van der Waals surface area (Å²) in [4.78, 5) is 3.56. The van der Waals surface area contributed by atoms with E-state index in [0.717, 1.165) is 6.42 Å². The molecular weight excluding hydrogens is 340 g/mol. The van der Waals surface area contributed by atoms with Gasteiger partial charge in [0.1, 0.15) is 0 Å². The van der Waals surface area contributed by atoms with Crippen LogP contribution in [-0.2, 0) is 13.5 Å². The zero-order chi connectivity index (χ0) is 18.7. The van der Waals surface area contributed by atoms with Crippen LogP contribution in [0.2, 0.25) is 0 Å². The zero-order valence-electron chi connectivity index (χ0n) is 15.7. The Kier molecular flexibility index (Phi) is 3.18. The van der Waals surface area contributed by atoms with Crippen molar-refractivity contribution >= 4 is 43.6 Å². The van der Waals surface area contributed by atoms with Gasteiger partial charge in [0.05, 0.1) is 0 Å². The maximum atomic E-state index is 3.56. The summed E-state index contributed by atoms with van der Waals surface area (Å²) in [6.07, 6.45) is 0.933. The van der Waals surface area contributed by atoms with Gasteiger partial charge in [-0.15, -0.1) is 0 Å². The predicted molar refractivity (Wildman–Crippen MR) is 119 cm³/mol. The summed E-state index contributed by atoms with van der Waals surface area (Å²) in [7, 11) is 2.16. The number of para-hydroxylation sites is 2. The van der Waals surface area contributed by atoms with Crippen LogP contribution in [0.15, 0.2) is 84.9 Å². The van der Waals surface area contributed by atoms with Gasteiger partial charge >= 0.3 is 0 Å². The third-order valence-electron chi connectivity index (χ3n) is 5.96. The highest BCUT2D eigenvalue weighted by Gasteiger charge is 2.09. The number of H-pyrrole nitrogens is 1. The first kappa shape index (κ1) is 15.5. The molecule has 1 N–H and O–H groups in total. The van der Waals surface area contributed by atoms with E-state index in [4.69, 9.17) is 0 Å². The van der Waals surface area contributed by atoms with Crippen LogP contribution in [0.1, 0.15) is 11.1 Å². The lowest BCUT2D eigenvalue weighted by Gasteiger charge is -2.05. The highest BCUT2D eigenvalue weighted by Crippen LogP contribution is 2.30. The van der Waals surface area contributed by atoms with Gasteiger partial charge in [0.15, 0.2) is 0 Å². The second kappa shape index (κ2) is 5.74. The minimum absolute atomic E-state index is 0.933. The highest BCUT2D eigenvalue weighted by atomic mass is 14.9. The molecule has 0 aliphatic carbocycles. The first-order valence-corrected chi connectivity index (χ1v) is 9.73. The number of hydrogen-bond acceptors (Lipinski definition) is 0. The Labute approximate surface area is 163 Å². The Hall–Kier alpha value is -3.52. The van der Waals surface area contributed by atoms with Crippen molar-refractivity contribution < 1.29 is 0 Å². The monoisotopic (exact) mass is 360 g/mol. The molecule has 6 rings (SSSR count). The Morgan fingerprint density at radius 3 is 2.14 bits per heavy atom. The fourth-order valence-electron chi connectivity index (χ4n) is 4.56. The lowest BCUT2D eigenvalue weighted by molar-refractivity contribution is 1.01. The molecule has 0 saturated carbocycles. The smallest absolute Gasteiger partial charge is 0.0491 e. The van der Waals surface area contributed by atoms with E-state index in [9.17, 15) is 0 Å². The molecule has 0 atom stereocenters. The predicted octanol–water partition coefficient (Wildman–Crippen LogP) is 6.56. The van der Waals surface area contributed by atoms with Crippen LogP contribution in [-0.4, -0.2) is 9.55 Å². The summed E-state index contributed by atoms with van der Waals surface area (Å²) in [5, 5.41) is 5.24. The van der Waals surface area contributed by atoms with E-state index in [0.29, 0.717) is 0 Å². The van der Waals surface area contributed by atoms with Crippen molar-refractivity contribution in [3.8, 4) is 0 Å². The van der Waals surface area contributed by atoms with E-state index in [-0.39, 0.29) is 0 Å². The van der Waals surface area contributed by atoms with Crippen LogP contribution in [0.5, 0.6) is 0 Å². The average molecular weight is 360 g/mol. The third-order valence-corrected chi connectivity index (χ3v) is 5.96. The van der Waals surface area contributed by atoms with Crippen molar-refractivity contribution in [2.75, 3.05) is 0 Å². The molecule has 0 bridgehead atoms. The number of aromatic amines is 1. The van der Waals surface area contributed by atoms with E-state index in [1.165, 1.54) is 54.7 Å². The van der Waals surface area contributed by atoms with Crippen molar-refractivity contribution in [3.05, 3.63) is 96.1 Å². The van der Waals surface area contributed by atoms with Crippen LogP contribution < -0.4 is 0 Å². The fourth-order valence-corrected chi connectivity index (χ4v) is 4.56. The summed E-state index contributed by atoms with van der Waals surface area (Å²) in [5.74, 6) is 0. The maximum Gasteiger partial charge on any atom is 0.0491 e. The number of nitrogens with zero attached hydrogens (tertiary/aromatic N) is 1. The fraction of sp³-hybridized carbons (Fsp3) is 0.0769. The normalized spacial score (nSPS) is 11.9. The molecule has 134 valence electrons. The number of aryl methyl sites for hydroxylation is 1. The molecule has 6 aromatic rings. The van der Waals surface area contributed by atoms with E-state index in [2.05, 4.69) is 102 Å². The summed E-state index contributed by atoms with van der Waals surface area (Å²) in [5.41, 5.74) is 7.67. The first-order valence-electron chi connectivity index (χ1n) is 9.73. The zero-order valence-corrected chi connectivity index (χ0v) is 15.7. The minimum Gasteiger partial charge on any atom is -0.355 e. The molecule has 0 radical (unpaired) electrons. The minimum atomic E-state index is 0.933. The molecule has 0 aliphatic heterocycles. The van der Waals surface area contributed by atoms with Gasteiger partial charge in [-0.2, -0.15) is 0 Å². The summed E-state index contributed by atoms with van der Waals surface area (Å²) in [6.45, 7) is 0. The maximum absolute atomic E-state index is 3.56. The van der Waals surface area contributed by atoms with E-state index >= 15 is 0 Å². The summed E-state index contributed by atoms with van der Waals surface area (Å²) < 4.78 is 2.30. The lowest BCUT2D eigenvalue weighted by atomic mass is 10.0. The van der Waals surface area contributed by atoms with Crippen LogP contribution in [0.25, 0.3) is 43.6 Å². The molecule has 2 aromatic heterocycles. The molecule has 4 aromatic carbocycles. The summed E-state index contributed by atoms with van der Waals surface area (Å²) in [6, 6.07) is 30.8. The number of hydrogen-bond donors (Lipinski definition) is 1. The Bertz CT molecular complexity index is 1500. The third kappa shape index (κ3) is 2.21. The Morgan fingerprint density at radius 2 is 1.25 bits per heavy atom. The van der Waals surface area contributed by atoms with Gasteiger partial charge < -0.3 is 9.55 Å². The van der Waals surface area contributed by atoms with E-state index in [1.54, 1.807) is 0 Å². The molecule has 0 spiro atoms. The van der Waals surface area contributed by atoms with Crippen molar-refractivity contribution in [1.82, 2.24) is 9.55 Å². The standard InChI is InChI=1S/C26H20N2/c1-28-25-9-5-3-7-21(25)22-13-11-18(16-26(22)28)14-17-10-12-20-19-6-2-4-8-23(19)27-24(20)15-17/h2-13,15-16,27H,14H2,1H3. The molecule has 2 heterocycles. The summed E-state index contributed by atoms with van der Waals surface area (Å²) >= 11 is 0. The molecule has 28 heavy (non-hydrogen) atoms. The van der Waals surface area contributed by atoms with Crippen molar-refractivity contribution in [1.29, 1.82) is 0 Å². The van der Waals surface area contributed by atoms with Crippen LogP contribution >= 0.6 is 0 Å². The molecular formula is C26H20N2. The lowest BCUT2D eigenvalue weighted by Crippen LogP contribution is -1.91. The van der Waals surface area contributed by atoms with Gasteiger partial charge in [-0.05, 0) is 41.8 Å². The van der Waals surface area contributed by atoms with Crippen LogP contribution in [0.3, 0.4) is 0 Å². The highest BCUT2D eigenvalue weighted by molar-refractivity contribution is 6.08. The average Bonchev–Trinajstić information content (AvgIpc) is 3.23. The number of aromatic nitrogens is 2. The quantitative estimate of drug-likeness (QED) is 0.361. The Morgan fingerprint density at radius 1 is 0.607 bits per heavy atom. The van der Waals surface area contributed by atoms with Gasteiger partial charge in [-0.1, -0.05) is 60.7 Å². The van der Waals surface area contributed by atoms with Crippen molar-refractivity contribution in [2.45, 2.75) is 6.42 Å². The topological polar surface area (TPSA) is 20.7 Å². The van der Waals surface area contributed by atoms with Gasteiger partial charge in [0.25, 0.3) is 0 Å². The van der Waals surface area contributed by atoms with E-state index in [1.807, 2.05) is 0 Å². The van der Waals surface area contributed by atoms with Gasteiger partial charge in [-0.3, -0.25) is 0 Å². The number of rotatable bonds is 2. The van der Waals surface area contributed by atoms with Gasteiger partial charge in [-0.25, -0.2) is 0 Å². The van der Waals surface area contributed by atoms with Crippen molar-refractivity contribution in [2.24, 2.45) is 7.05 Å². The number of fused-ring (bicyclic) bond motifs is 6. The largest absolute Gasteiger partial charge is 0.355 e. The molecule has 0 fully saturated rings. The van der Waals surface area contributed by atoms with Crippen molar-refractivity contribution in [3.63, 3.8) is 0 Å². The molecule has 0 aliphatic rings. The molecule has 2 nitrogen and oxygen atoms in total. The molecule has 0 amide bonds. The van der Waals surface area contributed by atoms with Gasteiger partial charge in [0, 0.05) is 50.7 Å². The van der Waals surface area contributed by atoms with Crippen LogP contribution in [0, 0.1) is 0 Å². The van der Waals surface area contributed by atoms with Crippen LogP contribution in [0.4, 0.5) is 0 Å². The molecule has 0 saturated heterocycles. The second-order valence-electron chi connectivity index (χ2n) is 7.65. The van der Waals surface area contributed by atoms with Gasteiger partial charge in [0.2, 0.25) is 0 Å². The Balaban J connectivity index is 1.44. The SMILES string of the molecule is Cn1c2ccccc2c2ccc(Cc3ccc4c(c3)[nH]c3ccccc34)cc21. The van der Waals surface area contributed by atoms with E-state index < -0.39 is 0 Å². The first-order chi connectivity index (χ1) is 13.8. The molecule has 0 unspecified atom stereocenters. The number of nitrogens with one attached hydrogen (secondary N) is 1. The second-order valence-corrected chi connectivity index (χ2v) is 7.65.